The Labute approximate surface area is 156 Å². The van der Waals surface area contributed by atoms with E-state index in [0.717, 1.165) is 0 Å². The van der Waals surface area contributed by atoms with Gasteiger partial charge in [0.1, 0.15) is 11.6 Å². The summed E-state index contributed by atoms with van der Waals surface area (Å²) in [6, 6.07) is 13.0. The van der Waals surface area contributed by atoms with Gasteiger partial charge in [0.25, 0.3) is 5.91 Å². The molecule has 4 N–H and O–H groups in total. The van der Waals surface area contributed by atoms with Crippen molar-refractivity contribution in [3.63, 3.8) is 0 Å². The van der Waals surface area contributed by atoms with Gasteiger partial charge in [-0.15, -0.1) is 0 Å². The lowest BCUT2D eigenvalue weighted by atomic mass is 10.2. The molecule has 2 aromatic rings. The zero-order valence-corrected chi connectivity index (χ0v) is 14.8. The molecule has 0 radical (unpaired) electrons. The minimum absolute atomic E-state index is 0.135. The third-order valence-electron chi connectivity index (χ3n) is 3.56. The lowest BCUT2D eigenvalue weighted by molar-refractivity contribution is -0.112. The van der Waals surface area contributed by atoms with Crippen LogP contribution in [-0.2, 0) is 4.79 Å². The predicted octanol–water partition coefficient (Wildman–Crippen LogP) is 2.26. The number of amides is 2. The lowest BCUT2D eigenvalue weighted by Gasteiger charge is -2.10. The van der Waals surface area contributed by atoms with E-state index in [1.807, 2.05) is 6.07 Å². The molecule has 2 amide bonds. The van der Waals surface area contributed by atoms with Crippen LogP contribution in [0.2, 0.25) is 0 Å². The summed E-state index contributed by atoms with van der Waals surface area (Å²) in [6.07, 6.45) is 1.27. The highest BCUT2D eigenvalue weighted by molar-refractivity contribution is 6.06. The minimum Gasteiger partial charge on any atom is -0.493 e. The normalized spacial score (nSPS) is 10.5. The first-order valence-corrected chi connectivity index (χ1v) is 7.78. The number of nitrogens with zero attached hydrogens (tertiary/aromatic N) is 1. The van der Waals surface area contributed by atoms with Gasteiger partial charge in [-0.3, -0.25) is 9.59 Å². The Hall–Kier alpha value is -3.99. The van der Waals surface area contributed by atoms with Crippen LogP contribution in [0.5, 0.6) is 11.5 Å². The summed E-state index contributed by atoms with van der Waals surface area (Å²) in [5.74, 6) is -0.159. The van der Waals surface area contributed by atoms with Crippen molar-refractivity contribution in [2.45, 2.75) is 0 Å². The molecule has 0 bridgehead atoms. The molecule has 2 rings (SSSR count). The Morgan fingerprint density at radius 1 is 1.04 bits per heavy atom. The van der Waals surface area contributed by atoms with E-state index in [9.17, 15) is 14.9 Å². The highest BCUT2D eigenvalue weighted by Crippen LogP contribution is 2.29. The maximum atomic E-state index is 12.3. The molecule has 0 aromatic heterocycles. The molecule has 0 saturated heterocycles. The molecule has 0 aliphatic heterocycles. The fourth-order valence-electron chi connectivity index (χ4n) is 2.15. The molecule has 8 nitrogen and oxygen atoms in total. The number of nitrogens with one attached hydrogen (secondary N) is 2. The highest BCUT2D eigenvalue weighted by Gasteiger charge is 2.11. The van der Waals surface area contributed by atoms with Gasteiger partial charge >= 0.3 is 0 Å². The minimum atomic E-state index is -0.592. The predicted molar refractivity (Wildman–Crippen MR) is 100 cm³/mol. The second kappa shape index (κ2) is 8.92. The number of nitrogens with two attached hydrogens (primary N) is 1. The Kier molecular flexibility index (Phi) is 6.39. The molecular formula is C19H18N4O4. The van der Waals surface area contributed by atoms with Gasteiger partial charge in [0.05, 0.1) is 14.2 Å². The van der Waals surface area contributed by atoms with Crippen molar-refractivity contribution >= 4 is 23.2 Å². The molecular weight excluding hydrogens is 348 g/mol. The van der Waals surface area contributed by atoms with Crippen molar-refractivity contribution in [3.05, 3.63) is 59.8 Å². The molecule has 0 spiro atoms. The number of methoxy groups -OCH3 is 2. The van der Waals surface area contributed by atoms with Gasteiger partial charge in [0.2, 0.25) is 5.91 Å². The molecule has 8 heteroatoms. The van der Waals surface area contributed by atoms with Crippen LogP contribution in [0.25, 0.3) is 0 Å². The SMILES string of the molecule is COc1ccc(NC(=O)/C(C#N)=C\Nc2ccc(C(N)=O)cc2)cc1OC. The van der Waals surface area contributed by atoms with Gasteiger partial charge in [-0.1, -0.05) is 0 Å². The van der Waals surface area contributed by atoms with Crippen LogP contribution in [0, 0.1) is 11.3 Å². The summed E-state index contributed by atoms with van der Waals surface area (Å²) in [5, 5.41) is 14.7. The molecule has 0 aliphatic carbocycles. The Bertz CT molecular complexity index is 914. The van der Waals surface area contributed by atoms with Crippen LogP contribution < -0.4 is 25.8 Å². The summed E-state index contributed by atoms with van der Waals surface area (Å²) < 4.78 is 10.3. The second-order valence-electron chi connectivity index (χ2n) is 5.28. The summed E-state index contributed by atoms with van der Waals surface area (Å²) >= 11 is 0. The van der Waals surface area contributed by atoms with Crippen molar-refractivity contribution in [1.82, 2.24) is 0 Å². The molecule has 138 valence electrons. The summed E-state index contributed by atoms with van der Waals surface area (Å²) in [6.45, 7) is 0. The van der Waals surface area contributed by atoms with Gasteiger partial charge in [-0.05, 0) is 36.4 Å². The number of carbonyl (C=O) groups excluding carboxylic acids is 2. The number of rotatable bonds is 7. The largest absolute Gasteiger partial charge is 0.493 e. The average molecular weight is 366 g/mol. The molecule has 0 heterocycles. The van der Waals surface area contributed by atoms with Gasteiger partial charge in [-0.2, -0.15) is 5.26 Å². The number of carbonyl (C=O) groups is 2. The van der Waals surface area contributed by atoms with Crippen molar-refractivity contribution in [1.29, 1.82) is 5.26 Å². The van der Waals surface area contributed by atoms with Gasteiger partial charge < -0.3 is 25.8 Å². The number of primary amides is 1. The fourth-order valence-corrected chi connectivity index (χ4v) is 2.15. The Morgan fingerprint density at radius 2 is 1.67 bits per heavy atom. The van der Waals surface area contributed by atoms with E-state index in [1.165, 1.54) is 32.6 Å². The topological polar surface area (TPSA) is 126 Å². The van der Waals surface area contributed by atoms with Gasteiger partial charge in [0.15, 0.2) is 11.5 Å². The maximum Gasteiger partial charge on any atom is 0.267 e. The van der Waals surface area contributed by atoms with Crippen LogP contribution in [0.4, 0.5) is 11.4 Å². The first kappa shape index (κ1) is 19.3. The number of nitriles is 1. The van der Waals surface area contributed by atoms with Gasteiger partial charge in [-0.25, -0.2) is 0 Å². The van der Waals surface area contributed by atoms with Crippen molar-refractivity contribution in [3.8, 4) is 17.6 Å². The third kappa shape index (κ3) is 4.99. The summed E-state index contributed by atoms with van der Waals surface area (Å²) in [7, 11) is 2.99. The monoisotopic (exact) mass is 366 g/mol. The first-order valence-electron chi connectivity index (χ1n) is 7.78. The molecule has 0 unspecified atom stereocenters. The first-order chi connectivity index (χ1) is 13.0. The van der Waals surface area contributed by atoms with Crippen LogP contribution >= 0.6 is 0 Å². The molecule has 27 heavy (non-hydrogen) atoms. The molecule has 0 aliphatic rings. The molecule has 0 saturated carbocycles. The Balaban J connectivity index is 2.10. The molecule has 2 aromatic carbocycles. The third-order valence-corrected chi connectivity index (χ3v) is 3.56. The standard InChI is InChI=1S/C19H18N4O4/c1-26-16-8-7-15(9-17(16)27-2)23-19(25)13(10-20)11-22-14-5-3-12(4-6-14)18(21)24/h3-9,11,22H,1-2H3,(H2,21,24)(H,23,25)/b13-11-. The van der Waals surface area contributed by atoms with E-state index in [4.69, 9.17) is 15.2 Å². The quantitative estimate of drug-likeness (QED) is 0.510. The molecule has 0 atom stereocenters. The summed E-state index contributed by atoms with van der Waals surface area (Å²) in [4.78, 5) is 23.3. The number of hydrogen-bond donors (Lipinski definition) is 3. The zero-order valence-electron chi connectivity index (χ0n) is 14.8. The number of benzene rings is 2. The fraction of sp³-hybridized carbons (Fsp3) is 0.105. The second-order valence-corrected chi connectivity index (χ2v) is 5.28. The highest BCUT2D eigenvalue weighted by atomic mass is 16.5. The lowest BCUT2D eigenvalue weighted by Crippen LogP contribution is -2.14. The van der Waals surface area contributed by atoms with Crippen LogP contribution in [0.1, 0.15) is 10.4 Å². The number of ether oxygens (including phenoxy) is 2. The summed E-state index contributed by atoms with van der Waals surface area (Å²) in [5.41, 5.74) is 6.44. The van der Waals surface area contributed by atoms with Crippen molar-refractivity contribution in [2.75, 3.05) is 24.9 Å². The number of anilines is 2. The maximum absolute atomic E-state index is 12.3. The van der Waals surface area contributed by atoms with E-state index < -0.39 is 11.8 Å². The molecule has 0 fully saturated rings. The van der Waals surface area contributed by atoms with Crippen LogP contribution in [-0.4, -0.2) is 26.0 Å². The van der Waals surface area contributed by atoms with E-state index in [-0.39, 0.29) is 5.57 Å². The average Bonchev–Trinajstić information content (AvgIpc) is 2.68. The van der Waals surface area contributed by atoms with Crippen molar-refractivity contribution in [2.24, 2.45) is 5.73 Å². The Morgan fingerprint density at radius 3 is 2.22 bits per heavy atom. The van der Waals surface area contributed by atoms with Crippen LogP contribution in [0.15, 0.2) is 54.2 Å². The van der Waals surface area contributed by atoms with E-state index in [0.29, 0.717) is 28.4 Å². The van der Waals surface area contributed by atoms with E-state index in [2.05, 4.69) is 10.6 Å². The van der Waals surface area contributed by atoms with Gasteiger partial charge in [0, 0.05) is 29.2 Å². The van der Waals surface area contributed by atoms with Crippen molar-refractivity contribution < 1.29 is 19.1 Å². The smallest absolute Gasteiger partial charge is 0.267 e. The zero-order chi connectivity index (χ0) is 19.8. The van der Waals surface area contributed by atoms with Crippen LogP contribution in [0.3, 0.4) is 0 Å². The number of hydrogen-bond acceptors (Lipinski definition) is 6. The van der Waals surface area contributed by atoms with E-state index in [1.54, 1.807) is 30.3 Å². The van der Waals surface area contributed by atoms with E-state index >= 15 is 0 Å².